The van der Waals surface area contributed by atoms with Crippen LogP contribution in [-0.2, 0) is 4.79 Å². The summed E-state index contributed by atoms with van der Waals surface area (Å²) in [6, 6.07) is 11.1. The van der Waals surface area contributed by atoms with E-state index in [2.05, 4.69) is 0 Å². The Morgan fingerprint density at radius 1 is 1.14 bits per heavy atom. The monoisotopic (exact) mass is 430 g/mol. The van der Waals surface area contributed by atoms with Gasteiger partial charge in [-0.15, -0.1) is 0 Å². The van der Waals surface area contributed by atoms with Crippen LogP contribution in [0.15, 0.2) is 47.4 Å². The number of benzene rings is 2. The highest BCUT2D eigenvalue weighted by Gasteiger charge is 2.33. The summed E-state index contributed by atoms with van der Waals surface area (Å²) in [5.74, 6) is 1.01. The zero-order chi connectivity index (χ0) is 21.0. The van der Waals surface area contributed by atoms with E-state index < -0.39 is 4.92 Å². The maximum atomic E-state index is 12.9. The van der Waals surface area contributed by atoms with E-state index in [4.69, 9.17) is 21.7 Å². The molecule has 1 saturated heterocycles. The fourth-order valence-electron chi connectivity index (χ4n) is 2.73. The lowest BCUT2D eigenvalue weighted by Crippen LogP contribution is -2.27. The second-order valence-electron chi connectivity index (χ2n) is 5.86. The van der Waals surface area contributed by atoms with Gasteiger partial charge in [0.1, 0.15) is 11.5 Å². The first-order chi connectivity index (χ1) is 13.9. The number of nitro benzene ring substituents is 1. The number of rotatable bonds is 7. The van der Waals surface area contributed by atoms with E-state index in [1.807, 2.05) is 26.0 Å². The molecule has 2 aromatic rings. The first-order valence-electron chi connectivity index (χ1n) is 8.86. The maximum Gasteiger partial charge on any atom is 0.270 e. The zero-order valence-electron chi connectivity index (χ0n) is 15.8. The summed E-state index contributed by atoms with van der Waals surface area (Å²) < 4.78 is 11.6. The van der Waals surface area contributed by atoms with Crippen molar-refractivity contribution in [1.29, 1.82) is 0 Å². The van der Waals surface area contributed by atoms with E-state index >= 15 is 0 Å². The number of ether oxygens (including phenoxy) is 2. The first-order valence-corrected chi connectivity index (χ1v) is 10.1. The molecule has 0 unspecified atom stereocenters. The van der Waals surface area contributed by atoms with Crippen LogP contribution in [0, 0.1) is 10.1 Å². The lowest BCUT2D eigenvalue weighted by Gasteiger charge is -2.14. The summed E-state index contributed by atoms with van der Waals surface area (Å²) in [5, 5.41) is 10.8. The van der Waals surface area contributed by atoms with Crippen LogP contribution >= 0.6 is 24.0 Å². The molecule has 1 amide bonds. The fourth-order valence-corrected chi connectivity index (χ4v) is 4.02. The molecule has 0 aliphatic carbocycles. The Morgan fingerprint density at radius 3 is 2.45 bits per heavy atom. The molecule has 0 saturated carbocycles. The first kappa shape index (κ1) is 20.8. The van der Waals surface area contributed by atoms with Crippen LogP contribution < -0.4 is 14.4 Å². The van der Waals surface area contributed by atoms with Crippen LogP contribution in [0.2, 0.25) is 0 Å². The van der Waals surface area contributed by atoms with Crippen molar-refractivity contribution in [2.24, 2.45) is 0 Å². The Hall–Kier alpha value is -2.91. The number of anilines is 1. The molecule has 9 heteroatoms. The Bertz CT molecular complexity index is 989. The number of carbonyl (C=O) groups excluding carboxylic acids is 1. The van der Waals surface area contributed by atoms with Crippen molar-refractivity contribution >= 4 is 51.7 Å². The topological polar surface area (TPSA) is 81.9 Å². The van der Waals surface area contributed by atoms with E-state index in [1.54, 1.807) is 12.1 Å². The summed E-state index contributed by atoms with van der Waals surface area (Å²) in [4.78, 5) is 25.1. The van der Waals surface area contributed by atoms with Crippen molar-refractivity contribution in [1.82, 2.24) is 0 Å². The summed E-state index contributed by atoms with van der Waals surface area (Å²) in [7, 11) is 0. The molecule has 0 atom stereocenters. The number of carbonyl (C=O) groups is 1. The molecule has 0 aromatic heterocycles. The minimum absolute atomic E-state index is 0.0505. The molecular weight excluding hydrogens is 412 g/mol. The molecular formula is C20H18N2O5S2. The van der Waals surface area contributed by atoms with Crippen molar-refractivity contribution < 1.29 is 19.2 Å². The van der Waals surface area contributed by atoms with Crippen LogP contribution in [0.4, 0.5) is 11.4 Å². The van der Waals surface area contributed by atoms with Gasteiger partial charge in [-0.3, -0.25) is 19.8 Å². The average Bonchev–Trinajstić information content (AvgIpc) is 2.97. The second kappa shape index (κ2) is 9.06. The van der Waals surface area contributed by atoms with Gasteiger partial charge in [-0.2, -0.15) is 0 Å². The Balaban J connectivity index is 1.90. The Labute approximate surface area is 177 Å². The number of nitro groups is 1. The van der Waals surface area contributed by atoms with Gasteiger partial charge < -0.3 is 9.47 Å². The molecule has 29 heavy (non-hydrogen) atoms. The van der Waals surface area contributed by atoms with Gasteiger partial charge >= 0.3 is 0 Å². The van der Waals surface area contributed by atoms with Gasteiger partial charge in [-0.05, 0) is 44.2 Å². The quantitative estimate of drug-likeness (QED) is 0.270. The number of thioether (sulfide) groups is 1. The van der Waals surface area contributed by atoms with Crippen LogP contribution in [-0.4, -0.2) is 28.4 Å². The number of non-ortho nitro benzene ring substituents is 1. The van der Waals surface area contributed by atoms with Crippen molar-refractivity contribution in [2.45, 2.75) is 13.8 Å². The highest BCUT2D eigenvalue weighted by atomic mass is 32.2. The van der Waals surface area contributed by atoms with Crippen LogP contribution in [0.5, 0.6) is 11.5 Å². The largest absolute Gasteiger partial charge is 0.494 e. The number of amides is 1. The van der Waals surface area contributed by atoms with E-state index in [1.165, 1.54) is 40.9 Å². The van der Waals surface area contributed by atoms with Gasteiger partial charge in [0.2, 0.25) is 0 Å². The Kier molecular flexibility index (Phi) is 6.50. The smallest absolute Gasteiger partial charge is 0.270 e. The normalized spacial score (nSPS) is 15.1. The molecule has 7 nitrogen and oxygen atoms in total. The van der Waals surface area contributed by atoms with Gasteiger partial charge in [-0.1, -0.05) is 24.0 Å². The summed E-state index contributed by atoms with van der Waals surface area (Å²) in [5.41, 5.74) is 1.17. The highest BCUT2D eigenvalue weighted by Crippen LogP contribution is 2.38. The van der Waals surface area contributed by atoms with Gasteiger partial charge in [0.05, 0.1) is 28.7 Å². The number of thiocarbonyl (C=S) groups is 1. The van der Waals surface area contributed by atoms with Crippen LogP contribution in [0.1, 0.15) is 19.4 Å². The van der Waals surface area contributed by atoms with Crippen molar-refractivity contribution in [2.75, 3.05) is 18.1 Å². The van der Waals surface area contributed by atoms with Gasteiger partial charge in [-0.25, -0.2) is 0 Å². The molecule has 0 radical (unpaired) electrons. The molecule has 3 rings (SSSR count). The molecule has 1 aliphatic rings. The zero-order valence-corrected chi connectivity index (χ0v) is 17.4. The lowest BCUT2D eigenvalue weighted by molar-refractivity contribution is -0.384. The van der Waals surface area contributed by atoms with Gasteiger partial charge in [0.25, 0.3) is 11.6 Å². The third-order valence-electron chi connectivity index (χ3n) is 3.99. The average molecular weight is 431 g/mol. The predicted octanol–water partition coefficient (Wildman–Crippen LogP) is 4.80. The van der Waals surface area contributed by atoms with Crippen molar-refractivity contribution in [3.05, 3.63) is 63.0 Å². The number of nitrogens with zero attached hydrogens (tertiary/aromatic N) is 2. The third kappa shape index (κ3) is 4.57. The SMILES string of the molecule is CCOc1ccc(/C=C2\SC(=S)N(c3ccc([N+](=O)[O-])cc3)C2=O)c(OCC)c1. The van der Waals surface area contributed by atoms with E-state index in [0.29, 0.717) is 39.6 Å². The van der Waals surface area contributed by atoms with E-state index in [9.17, 15) is 14.9 Å². The maximum absolute atomic E-state index is 12.9. The molecule has 0 bridgehead atoms. The standard InChI is InChI=1S/C20H18N2O5S2/c1-3-26-16-10-5-13(17(12-16)27-4-2)11-18-19(23)21(20(28)29-18)14-6-8-15(9-7-14)22(24)25/h5-12H,3-4H2,1-2H3/b18-11-. The molecule has 1 fully saturated rings. The third-order valence-corrected chi connectivity index (χ3v) is 5.30. The molecule has 1 heterocycles. The molecule has 2 aromatic carbocycles. The predicted molar refractivity (Wildman–Crippen MR) is 118 cm³/mol. The van der Waals surface area contributed by atoms with Gasteiger partial charge in [0.15, 0.2) is 4.32 Å². The number of hydrogen-bond donors (Lipinski definition) is 0. The summed E-state index contributed by atoms with van der Waals surface area (Å²) >= 11 is 6.53. The number of hydrogen-bond acceptors (Lipinski definition) is 7. The fraction of sp³-hybridized carbons (Fsp3) is 0.200. The van der Waals surface area contributed by atoms with Gasteiger partial charge in [0, 0.05) is 23.8 Å². The van der Waals surface area contributed by atoms with Crippen molar-refractivity contribution in [3.8, 4) is 11.5 Å². The second-order valence-corrected chi connectivity index (χ2v) is 7.53. The van der Waals surface area contributed by atoms with E-state index in [0.717, 1.165) is 5.56 Å². The molecule has 0 spiro atoms. The van der Waals surface area contributed by atoms with Crippen LogP contribution in [0.25, 0.3) is 6.08 Å². The highest BCUT2D eigenvalue weighted by molar-refractivity contribution is 8.27. The summed E-state index contributed by atoms with van der Waals surface area (Å²) in [6.07, 6.45) is 1.73. The minimum Gasteiger partial charge on any atom is -0.494 e. The van der Waals surface area contributed by atoms with Crippen LogP contribution in [0.3, 0.4) is 0 Å². The molecule has 150 valence electrons. The van der Waals surface area contributed by atoms with E-state index in [-0.39, 0.29) is 11.6 Å². The summed E-state index contributed by atoms with van der Waals surface area (Å²) in [6.45, 7) is 4.79. The van der Waals surface area contributed by atoms with Crippen molar-refractivity contribution in [3.63, 3.8) is 0 Å². The minimum atomic E-state index is -0.491. The Morgan fingerprint density at radius 2 is 1.83 bits per heavy atom. The molecule has 0 N–H and O–H groups in total. The lowest BCUT2D eigenvalue weighted by atomic mass is 10.1. The molecule has 1 aliphatic heterocycles.